The summed E-state index contributed by atoms with van der Waals surface area (Å²) in [7, 11) is 0. The maximum atomic E-state index is 11.7. The van der Waals surface area contributed by atoms with Crippen LogP contribution in [0.25, 0.3) is 0 Å². The van der Waals surface area contributed by atoms with E-state index >= 15 is 0 Å². The second-order valence-electron chi connectivity index (χ2n) is 3.89. The zero-order valence-corrected chi connectivity index (χ0v) is 11.2. The van der Waals surface area contributed by atoms with Crippen LogP contribution in [0.3, 0.4) is 0 Å². The quantitative estimate of drug-likeness (QED) is 0.490. The van der Waals surface area contributed by atoms with Crippen LogP contribution in [0, 0.1) is 0 Å². The van der Waals surface area contributed by atoms with Crippen LogP contribution in [0.1, 0.15) is 0 Å². The minimum absolute atomic E-state index is 0.0855. The number of phenolic OH excluding ortho intramolecular Hbond substituents is 1. The van der Waals surface area contributed by atoms with Gasteiger partial charge in [-0.05, 0) is 12.1 Å². The number of nitrogens with zero attached hydrogens (tertiary/aromatic N) is 2. The molecule has 0 unspecified atom stereocenters. The molecule has 6 N–H and O–H groups in total. The fourth-order valence-corrected chi connectivity index (χ4v) is 2.11. The largest absolute Gasteiger partial charge is 0.508 e. The highest BCUT2D eigenvalue weighted by atomic mass is 32.2. The van der Waals surface area contributed by atoms with E-state index in [0.29, 0.717) is 10.8 Å². The van der Waals surface area contributed by atoms with Crippen LogP contribution in [-0.4, -0.2) is 26.7 Å². The lowest BCUT2D eigenvalue weighted by atomic mass is 10.3. The van der Waals surface area contributed by atoms with E-state index in [2.05, 4.69) is 15.3 Å². The number of amides is 1. The molecular formula is C12H13N5O2S. The molecule has 20 heavy (non-hydrogen) atoms. The lowest BCUT2D eigenvalue weighted by Crippen LogP contribution is -2.14. The fourth-order valence-electron chi connectivity index (χ4n) is 1.44. The van der Waals surface area contributed by atoms with Crippen LogP contribution < -0.4 is 16.8 Å². The SMILES string of the molecule is Nc1cc(N)nc(SCC(=O)Nc2cccc(O)c2)n1. The summed E-state index contributed by atoms with van der Waals surface area (Å²) < 4.78 is 0. The van der Waals surface area contributed by atoms with Gasteiger partial charge >= 0.3 is 0 Å². The summed E-state index contributed by atoms with van der Waals surface area (Å²) >= 11 is 1.12. The van der Waals surface area contributed by atoms with Crippen molar-refractivity contribution in [2.45, 2.75) is 5.16 Å². The number of hydrogen-bond acceptors (Lipinski definition) is 7. The number of rotatable bonds is 4. The minimum atomic E-state index is -0.245. The van der Waals surface area contributed by atoms with Crippen molar-refractivity contribution in [2.75, 3.05) is 22.5 Å². The minimum Gasteiger partial charge on any atom is -0.508 e. The Morgan fingerprint density at radius 3 is 2.60 bits per heavy atom. The number of phenols is 1. The van der Waals surface area contributed by atoms with E-state index in [1.165, 1.54) is 18.2 Å². The molecule has 0 atom stereocenters. The molecule has 104 valence electrons. The summed E-state index contributed by atoms with van der Waals surface area (Å²) in [6.07, 6.45) is 0. The molecule has 0 spiro atoms. The zero-order valence-electron chi connectivity index (χ0n) is 10.4. The molecule has 1 heterocycles. The van der Waals surface area contributed by atoms with Crippen molar-refractivity contribution in [1.29, 1.82) is 0 Å². The van der Waals surface area contributed by atoms with E-state index in [1.807, 2.05) is 0 Å². The van der Waals surface area contributed by atoms with Crippen LogP contribution in [0.4, 0.5) is 17.3 Å². The molecular weight excluding hydrogens is 278 g/mol. The number of hydrogen-bond donors (Lipinski definition) is 4. The van der Waals surface area contributed by atoms with Crippen LogP contribution >= 0.6 is 11.8 Å². The van der Waals surface area contributed by atoms with Crippen molar-refractivity contribution in [2.24, 2.45) is 0 Å². The second-order valence-corrected chi connectivity index (χ2v) is 4.83. The first-order chi connectivity index (χ1) is 9.52. The highest BCUT2D eigenvalue weighted by Crippen LogP contribution is 2.18. The van der Waals surface area contributed by atoms with Crippen LogP contribution in [-0.2, 0) is 4.79 Å². The Morgan fingerprint density at radius 1 is 1.25 bits per heavy atom. The molecule has 0 saturated carbocycles. The number of aromatic hydroxyl groups is 1. The van der Waals surface area contributed by atoms with Crippen LogP contribution in [0.2, 0.25) is 0 Å². The van der Waals surface area contributed by atoms with Gasteiger partial charge in [-0.3, -0.25) is 4.79 Å². The Balaban J connectivity index is 1.92. The van der Waals surface area contributed by atoms with Gasteiger partial charge in [0.25, 0.3) is 0 Å². The standard InChI is InChI=1S/C12H13N5O2S/c13-9-5-10(14)17-12(16-9)20-6-11(19)15-7-2-1-3-8(18)4-7/h1-5,18H,6H2,(H,15,19)(H4,13,14,16,17). The third kappa shape index (κ3) is 4.02. The second kappa shape index (κ2) is 6.11. The van der Waals surface area contributed by atoms with Crippen molar-refractivity contribution < 1.29 is 9.90 Å². The number of nitrogen functional groups attached to an aromatic ring is 2. The van der Waals surface area contributed by atoms with Crippen molar-refractivity contribution >= 4 is 35.0 Å². The molecule has 0 aliphatic carbocycles. The van der Waals surface area contributed by atoms with E-state index in [0.717, 1.165) is 11.8 Å². The van der Waals surface area contributed by atoms with Crippen molar-refractivity contribution in [3.8, 4) is 5.75 Å². The lowest BCUT2D eigenvalue weighted by Gasteiger charge is -2.05. The number of anilines is 3. The Labute approximate surface area is 119 Å². The predicted molar refractivity (Wildman–Crippen MR) is 78.3 cm³/mol. The molecule has 2 aromatic rings. The highest BCUT2D eigenvalue weighted by molar-refractivity contribution is 7.99. The van der Waals surface area contributed by atoms with Crippen LogP contribution in [0.15, 0.2) is 35.5 Å². The number of carbonyl (C=O) groups excluding carboxylic acids is 1. The van der Waals surface area contributed by atoms with E-state index in [-0.39, 0.29) is 29.0 Å². The smallest absolute Gasteiger partial charge is 0.234 e. The fraction of sp³-hybridized carbons (Fsp3) is 0.0833. The molecule has 0 aliphatic rings. The first kappa shape index (κ1) is 13.9. The third-order valence-electron chi connectivity index (χ3n) is 2.21. The Bertz CT molecular complexity index is 615. The summed E-state index contributed by atoms with van der Waals surface area (Å²) in [5.41, 5.74) is 11.6. The molecule has 2 rings (SSSR count). The van der Waals surface area contributed by atoms with E-state index in [4.69, 9.17) is 11.5 Å². The number of nitrogens with two attached hydrogens (primary N) is 2. The monoisotopic (exact) mass is 291 g/mol. The lowest BCUT2D eigenvalue weighted by molar-refractivity contribution is -0.113. The number of thioether (sulfide) groups is 1. The molecule has 1 aromatic carbocycles. The van der Waals surface area contributed by atoms with E-state index < -0.39 is 0 Å². The zero-order chi connectivity index (χ0) is 14.5. The van der Waals surface area contributed by atoms with Gasteiger partial charge in [-0.25, -0.2) is 9.97 Å². The summed E-state index contributed by atoms with van der Waals surface area (Å²) in [6.45, 7) is 0. The van der Waals surface area contributed by atoms with Gasteiger partial charge in [0.05, 0.1) is 5.75 Å². The molecule has 7 nitrogen and oxygen atoms in total. The molecule has 1 amide bonds. The maximum absolute atomic E-state index is 11.7. The molecule has 0 radical (unpaired) electrons. The van der Waals surface area contributed by atoms with Gasteiger partial charge in [-0.15, -0.1) is 0 Å². The topological polar surface area (TPSA) is 127 Å². The van der Waals surface area contributed by atoms with Crippen molar-refractivity contribution in [1.82, 2.24) is 9.97 Å². The number of aromatic nitrogens is 2. The molecule has 0 saturated heterocycles. The van der Waals surface area contributed by atoms with Gasteiger partial charge in [-0.1, -0.05) is 17.8 Å². The Hall–Kier alpha value is -2.48. The average Bonchev–Trinajstić information content (AvgIpc) is 2.35. The van der Waals surface area contributed by atoms with Gasteiger partial charge in [0.15, 0.2) is 5.16 Å². The molecule has 8 heteroatoms. The Morgan fingerprint density at radius 2 is 1.95 bits per heavy atom. The number of nitrogens with one attached hydrogen (secondary N) is 1. The summed E-state index contributed by atoms with van der Waals surface area (Å²) in [5.74, 6) is 0.466. The van der Waals surface area contributed by atoms with Crippen LogP contribution in [0.5, 0.6) is 5.75 Å². The molecule has 1 aromatic heterocycles. The van der Waals surface area contributed by atoms with Gasteiger partial charge in [0, 0.05) is 17.8 Å². The van der Waals surface area contributed by atoms with E-state index in [9.17, 15) is 9.90 Å². The number of carbonyl (C=O) groups is 1. The summed E-state index contributed by atoms with van der Waals surface area (Å²) in [5, 5.41) is 12.3. The predicted octanol–water partition coefficient (Wildman–Crippen LogP) is 1.08. The van der Waals surface area contributed by atoms with Crippen molar-refractivity contribution in [3.63, 3.8) is 0 Å². The molecule has 0 aliphatic heterocycles. The number of benzene rings is 1. The molecule has 0 fully saturated rings. The average molecular weight is 291 g/mol. The third-order valence-corrected chi connectivity index (χ3v) is 3.05. The summed E-state index contributed by atoms with van der Waals surface area (Å²) in [6, 6.07) is 7.74. The maximum Gasteiger partial charge on any atom is 0.234 e. The van der Waals surface area contributed by atoms with Gasteiger partial charge in [0.1, 0.15) is 17.4 Å². The normalized spacial score (nSPS) is 10.2. The summed E-state index contributed by atoms with van der Waals surface area (Å²) in [4.78, 5) is 19.6. The van der Waals surface area contributed by atoms with Crippen molar-refractivity contribution in [3.05, 3.63) is 30.3 Å². The van der Waals surface area contributed by atoms with Gasteiger partial charge < -0.3 is 21.9 Å². The van der Waals surface area contributed by atoms with E-state index in [1.54, 1.807) is 12.1 Å². The highest BCUT2D eigenvalue weighted by Gasteiger charge is 2.07. The Kier molecular flexibility index (Phi) is 4.26. The molecule has 0 bridgehead atoms. The van der Waals surface area contributed by atoms with Gasteiger partial charge in [0.2, 0.25) is 5.91 Å². The van der Waals surface area contributed by atoms with Gasteiger partial charge in [-0.2, -0.15) is 0 Å². The first-order valence-electron chi connectivity index (χ1n) is 5.64. The first-order valence-corrected chi connectivity index (χ1v) is 6.63.